The standard InChI is InChI=1S/C19H18N4O4S/c1-11-15(12(2)27-23-11)10-28-19-14(7-5-9-20-19)18(26)22-21-17(25)13-6-3-4-8-16(13)24/h3-9,24H,10H2,1-2H3,(H,21,25)(H,22,26). The number of aryl methyl sites for hydroxylation is 2. The summed E-state index contributed by atoms with van der Waals surface area (Å²) in [6.07, 6.45) is 1.59. The van der Waals surface area contributed by atoms with Gasteiger partial charge >= 0.3 is 0 Å². The molecule has 0 fully saturated rings. The Morgan fingerprint density at radius 1 is 1.07 bits per heavy atom. The van der Waals surface area contributed by atoms with E-state index in [9.17, 15) is 14.7 Å². The van der Waals surface area contributed by atoms with Crippen LogP contribution < -0.4 is 10.9 Å². The Bertz CT molecular complexity index is 999. The molecule has 3 aromatic rings. The molecule has 2 amide bonds. The maximum absolute atomic E-state index is 12.5. The fourth-order valence-corrected chi connectivity index (χ4v) is 3.59. The topological polar surface area (TPSA) is 117 Å². The number of hydrogen-bond donors (Lipinski definition) is 3. The number of nitrogens with zero attached hydrogens (tertiary/aromatic N) is 2. The van der Waals surface area contributed by atoms with Crippen molar-refractivity contribution in [1.29, 1.82) is 0 Å². The van der Waals surface area contributed by atoms with Crippen molar-refractivity contribution < 1.29 is 19.2 Å². The minimum atomic E-state index is -0.625. The van der Waals surface area contributed by atoms with Crippen LogP contribution in [0.5, 0.6) is 5.75 Å². The second-order valence-corrected chi connectivity index (χ2v) is 6.84. The van der Waals surface area contributed by atoms with Crippen LogP contribution in [0, 0.1) is 13.8 Å². The number of amides is 2. The number of carbonyl (C=O) groups excluding carboxylic acids is 2. The van der Waals surface area contributed by atoms with Crippen molar-refractivity contribution in [2.24, 2.45) is 0 Å². The molecule has 3 rings (SSSR count). The number of nitrogens with one attached hydrogen (secondary N) is 2. The van der Waals surface area contributed by atoms with Crippen molar-refractivity contribution in [3.8, 4) is 5.75 Å². The van der Waals surface area contributed by atoms with E-state index in [0.717, 1.165) is 17.0 Å². The van der Waals surface area contributed by atoms with Gasteiger partial charge in [0.15, 0.2) is 0 Å². The maximum Gasteiger partial charge on any atom is 0.273 e. The number of aromatic nitrogens is 2. The molecular weight excluding hydrogens is 380 g/mol. The minimum Gasteiger partial charge on any atom is -0.507 e. The molecule has 0 saturated heterocycles. The monoisotopic (exact) mass is 398 g/mol. The number of phenolic OH excluding ortho intramolecular Hbond substituents is 1. The first kappa shape index (κ1) is 19.4. The van der Waals surface area contributed by atoms with Crippen LogP contribution in [-0.4, -0.2) is 27.1 Å². The lowest BCUT2D eigenvalue weighted by Gasteiger charge is -2.10. The van der Waals surface area contributed by atoms with Crippen molar-refractivity contribution >= 4 is 23.6 Å². The summed E-state index contributed by atoms with van der Waals surface area (Å²) in [6.45, 7) is 3.68. The highest BCUT2D eigenvalue weighted by Crippen LogP contribution is 2.27. The third-order valence-corrected chi connectivity index (χ3v) is 5.02. The summed E-state index contributed by atoms with van der Waals surface area (Å²) in [5.74, 6) is -0.0468. The van der Waals surface area contributed by atoms with Gasteiger partial charge in [0.2, 0.25) is 0 Å². The van der Waals surface area contributed by atoms with Gasteiger partial charge in [-0.1, -0.05) is 17.3 Å². The summed E-state index contributed by atoms with van der Waals surface area (Å²) in [5.41, 5.74) is 6.76. The number of hydrogen-bond acceptors (Lipinski definition) is 7. The zero-order valence-corrected chi connectivity index (χ0v) is 16.0. The number of para-hydroxylation sites is 1. The lowest BCUT2D eigenvalue weighted by molar-refractivity contribution is 0.0843. The molecule has 0 radical (unpaired) electrons. The Kier molecular flexibility index (Phi) is 5.95. The molecule has 0 aliphatic carbocycles. The van der Waals surface area contributed by atoms with Crippen LogP contribution in [-0.2, 0) is 5.75 Å². The number of benzene rings is 1. The van der Waals surface area contributed by atoms with E-state index in [-0.39, 0.29) is 11.3 Å². The number of rotatable bonds is 5. The van der Waals surface area contributed by atoms with Crippen LogP contribution in [0.15, 0.2) is 52.1 Å². The van der Waals surface area contributed by atoms with Gasteiger partial charge in [-0.05, 0) is 38.1 Å². The summed E-state index contributed by atoms with van der Waals surface area (Å²) in [5, 5.41) is 14.1. The Morgan fingerprint density at radius 2 is 1.75 bits per heavy atom. The van der Waals surface area contributed by atoms with E-state index in [4.69, 9.17) is 4.52 Å². The van der Waals surface area contributed by atoms with E-state index < -0.39 is 11.8 Å². The summed E-state index contributed by atoms with van der Waals surface area (Å²) in [6, 6.07) is 9.31. The van der Waals surface area contributed by atoms with Gasteiger partial charge in [0.1, 0.15) is 16.5 Å². The molecule has 144 valence electrons. The van der Waals surface area contributed by atoms with Crippen molar-refractivity contribution in [1.82, 2.24) is 21.0 Å². The Hall–Kier alpha value is -3.33. The van der Waals surface area contributed by atoms with Crippen LogP contribution in [0.3, 0.4) is 0 Å². The zero-order chi connectivity index (χ0) is 20.1. The van der Waals surface area contributed by atoms with Crippen molar-refractivity contribution in [2.45, 2.75) is 24.6 Å². The van der Waals surface area contributed by atoms with Gasteiger partial charge < -0.3 is 9.63 Å². The van der Waals surface area contributed by atoms with Gasteiger partial charge in [-0.2, -0.15) is 0 Å². The second-order valence-electron chi connectivity index (χ2n) is 5.87. The normalized spacial score (nSPS) is 10.5. The zero-order valence-electron chi connectivity index (χ0n) is 15.2. The van der Waals surface area contributed by atoms with Crippen molar-refractivity contribution in [2.75, 3.05) is 0 Å². The van der Waals surface area contributed by atoms with Gasteiger partial charge in [-0.3, -0.25) is 20.4 Å². The van der Waals surface area contributed by atoms with Crippen LogP contribution in [0.1, 0.15) is 37.7 Å². The van der Waals surface area contributed by atoms with Gasteiger partial charge in [-0.15, -0.1) is 11.8 Å². The fraction of sp³-hybridized carbons (Fsp3) is 0.158. The van der Waals surface area contributed by atoms with Crippen LogP contribution in [0.4, 0.5) is 0 Å². The molecule has 1 aromatic carbocycles. The van der Waals surface area contributed by atoms with Crippen LogP contribution >= 0.6 is 11.8 Å². The molecule has 3 N–H and O–H groups in total. The average Bonchev–Trinajstić information content (AvgIpc) is 3.02. The maximum atomic E-state index is 12.5. The summed E-state index contributed by atoms with van der Waals surface area (Å²) >= 11 is 1.37. The fourth-order valence-electron chi connectivity index (χ4n) is 2.44. The molecule has 8 nitrogen and oxygen atoms in total. The molecule has 2 heterocycles. The van der Waals surface area contributed by atoms with Crippen LogP contribution in [0.25, 0.3) is 0 Å². The van der Waals surface area contributed by atoms with E-state index in [0.29, 0.717) is 16.3 Å². The molecule has 0 aliphatic rings. The number of phenols is 1. The highest BCUT2D eigenvalue weighted by molar-refractivity contribution is 7.98. The molecule has 9 heteroatoms. The molecule has 0 saturated carbocycles. The molecular formula is C19H18N4O4S. The first-order chi connectivity index (χ1) is 13.5. The van der Waals surface area contributed by atoms with E-state index >= 15 is 0 Å². The molecule has 0 aliphatic heterocycles. The molecule has 0 unspecified atom stereocenters. The van der Waals surface area contributed by atoms with E-state index in [1.165, 1.54) is 23.9 Å². The quantitative estimate of drug-likeness (QED) is 0.447. The number of aromatic hydroxyl groups is 1. The first-order valence-corrected chi connectivity index (χ1v) is 9.34. The predicted octanol–water partition coefficient (Wildman–Crippen LogP) is 2.76. The van der Waals surface area contributed by atoms with Crippen LogP contribution in [0.2, 0.25) is 0 Å². The number of carbonyl (C=O) groups is 2. The molecule has 0 atom stereocenters. The second kappa shape index (κ2) is 8.57. The van der Waals surface area contributed by atoms with Gasteiger partial charge in [0, 0.05) is 17.5 Å². The van der Waals surface area contributed by atoms with Gasteiger partial charge in [0.25, 0.3) is 11.8 Å². The SMILES string of the molecule is Cc1noc(C)c1CSc1ncccc1C(=O)NNC(=O)c1ccccc1O. The molecule has 28 heavy (non-hydrogen) atoms. The van der Waals surface area contributed by atoms with E-state index in [2.05, 4.69) is 21.0 Å². The Morgan fingerprint density at radius 3 is 2.43 bits per heavy atom. The van der Waals surface area contributed by atoms with Crippen molar-refractivity contribution in [3.63, 3.8) is 0 Å². The smallest absolute Gasteiger partial charge is 0.273 e. The third kappa shape index (κ3) is 4.32. The average molecular weight is 398 g/mol. The first-order valence-electron chi connectivity index (χ1n) is 8.35. The highest BCUT2D eigenvalue weighted by atomic mass is 32.2. The lowest BCUT2D eigenvalue weighted by Crippen LogP contribution is -2.41. The van der Waals surface area contributed by atoms with E-state index in [1.54, 1.807) is 30.5 Å². The van der Waals surface area contributed by atoms with E-state index in [1.807, 2.05) is 13.8 Å². The Labute approximate surface area is 165 Å². The minimum absolute atomic E-state index is 0.0574. The summed E-state index contributed by atoms with van der Waals surface area (Å²) in [4.78, 5) is 28.9. The molecule has 0 spiro atoms. The highest BCUT2D eigenvalue weighted by Gasteiger charge is 2.17. The van der Waals surface area contributed by atoms with Crippen molar-refractivity contribution in [3.05, 3.63) is 70.7 Å². The summed E-state index contributed by atoms with van der Waals surface area (Å²) < 4.78 is 5.15. The van der Waals surface area contributed by atoms with Gasteiger partial charge in [-0.25, -0.2) is 4.98 Å². The number of pyridine rings is 1. The van der Waals surface area contributed by atoms with Gasteiger partial charge in [0.05, 0.1) is 16.8 Å². The molecule has 2 aromatic heterocycles. The predicted molar refractivity (Wildman–Crippen MR) is 103 cm³/mol. The number of thioether (sulfide) groups is 1. The lowest BCUT2D eigenvalue weighted by atomic mass is 10.2. The molecule has 0 bridgehead atoms. The Balaban J connectivity index is 1.67. The number of hydrazine groups is 1. The third-order valence-electron chi connectivity index (χ3n) is 3.99. The largest absolute Gasteiger partial charge is 0.507 e. The summed E-state index contributed by atoms with van der Waals surface area (Å²) in [7, 11) is 0.